The van der Waals surface area contributed by atoms with Crippen molar-refractivity contribution in [2.75, 3.05) is 0 Å². The molecule has 2 aromatic carbocycles. The number of carbonyl (C=O) groups is 1. The molecule has 8 nitrogen and oxygen atoms in total. The molecule has 2 aliphatic rings. The van der Waals surface area contributed by atoms with Crippen LogP contribution < -0.4 is 5.76 Å². The van der Waals surface area contributed by atoms with Gasteiger partial charge in [-0.05, 0) is 68.2 Å². The van der Waals surface area contributed by atoms with Crippen LogP contribution in [0.5, 0.6) is 0 Å². The van der Waals surface area contributed by atoms with E-state index in [9.17, 15) is 14.7 Å². The Morgan fingerprint density at radius 1 is 1.05 bits per heavy atom. The van der Waals surface area contributed by atoms with E-state index in [0.29, 0.717) is 37.9 Å². The van der Waals surface area contributed by atoms with Gasteiger partial charge in [-0.25, -0.2) is 4.79 Å². The number of aldehydes is 1. The fourth-order valence-corrected chi connectivity index (χ4v) is 7.08. The molecule has 0 saturated carbocycles. The number of H-pyrrole nitrogens is 1. The Balaban J connectivity index is 1.41. The lowest BCUT2D eigenvalue weighted by Crippen LogP contribution is -2.46. The number of hydrogen-bond donors (Lipinski definition) is 2. The summed E-state index contributed by atoms with van der Waals surface area (Å²) in [6, 6.07) is 16.1. The van der Waals surface area contributed by atoms with Crippen molar-refractivity contribution in [2.24, 2.45) is 16.8 Å². The van der Waals surface area contributed by atoms with Gasteiger partial charge in [0.15, 0.2) is 5.82 Å². The molecular weight excluding hydrogens is 542 g/mol. The van der Waals surface area contributed by atoms with E-state index < -0.39 is 11.4 Å². The molecule has 43 heavy (non-hydrogen) atoms. The van der Waals surface area contributed by atoms with Gasteiger partial charge in [-0.2, -0.15) is 0 Å². The van der Waals surface area contributed by atoms with E-state index in [0.717, 1.165) is 59.2 Å². The van der Waals surface area contributed by atoms with Gasteiger partial charge >= 0.3 is 5.76 Å². The predicted molar refractivity (Wildman–Crippen MR) is 168 cm³/mol. The number of aliphatic imine (C=N–C) groups is 1. The van der Waals surface area contributed by atoms with Gasteiger partial charge in [-0.1, -0.05) is 74.0 Å². The maximum atomic E-state index is 12.7. The molecule has 1 aromatic heterocycles. The topological polar surface area (TPSA) is 118 Å². The number of rotatable bonds is 10. The number of nitrogens with zero attached hydrogens (tertiary/aromatic N) is 2. The molecule has 0 radical (unpaired) electrons. The molecule has 2 N–H and O–H groups in total. The van der Waals surface area contributed by atoms with Gasteiger partial charge in [-0.15, -0.1) is 0 Å². The van der Waals surface area contributed by atoms with E-state index in [-0.39, 0.29) is 24.0 Å². The van der Waals surface area contributed by atoms with Crippen LogP contribution in [0.25, 0.3) is 22.5 Å². The number of aliphatic hydroxyl groups is 1. The van der Waals surface area contributed by atoms with E-state index in [1.807, 2.05) is 38.1 Å². The second kappa shape index (κ2) is 13.3. The molecular formula is C35H43N3O5. The highest BCUT2D eigenvalue weighted by molar-refractivity contribution is 5.90. The maximum Gasteiger partial charge on any atom is 0.439 e. The Bertz CT molecular complexity index is 1520. The third kappa shape index (κ3) is 7.13. The Morgan fingerprint density at radius 2 is 1.74 bits per heavy atom. The SMILES string of the molecule is CCCC1=C(Cc2ccc(-c3ccccc3-c3noc(=O)[nH]3)cc2)CC(C=O)C(CC2(O)CC(C)OC(C)C2)C(CC)=N1. The summed E-state index contributed by atoms with van der Waals surface area (Å²) in [5.41, 5.74) is 6.29. The molecule has 0 amide bonds. The summed E-state index contributed by atoms with van der Waals surface area (Å²) in [7, 11) is 0. The van der Waals surface area contributed by atoms with Crippen molar-refractivity contribution < 1.29 is 19.2 Å². The van der Waals surface area contributed by atoms with E-state index >= 15 is 0 Å². The molecule has 1 saturated heterocycles. The van der Waals surface area contributed by atoms with E-state index in [1.54, 1.807) is 0 Å². The second-order valence-corrected chi connectivity index (χ2v) is 12.3. The summed E-state index contributed by atoms with van der Waals surface area (Å²) >= 11 is 0. The summed E-state index contributed by atoms with van der Waals surface area (Å²) in [5, 5.41) is 15.5. The highest BCUT2D eigenvalue weighted by Crippen LogP contribution is 2.41. The number of benzene rings is 2. The Hall–Kier alpha value is -3.62. The van der Waals surface area contributed by atoms with Crippen molar-refractivity contribution in [1.82, 2.24) is 10.1 Å². The average Bonchev–Trinajstić information content (AvgIpc) is 3.36. The quantitative estimate of drug-likeness (QED) is 0.256. The average molecular weight is 586 g/mol. The van der Waals surface area contributed by atoms with Crippen LogP contribution in [-0.2, 0) is 16.0 Å². The first-order valence-corrected chi connectivity index (χ1v) is 15.6. The molecule has 4 atom stereocenters. The van der Waals surface area contributed by atoms with Crippen LogP contribution in [0.3, 0.4) is 0 Å². The minimum atomic E-state index is -0.876. The van der Waals surface area contributed by atoms with Crippen LogP contribution in [0.2, 0.25) is 0 Å². The first-order valence-electron chi connectivity index (χ1n) is 15.6. The number of hydrogen-bond acceptors (Lipinski definition) is 7. The van der Waals surface area contributed by atoms with Crippen LogP contribution >= 0.6 is 0 Å². The zero-order chi connectivity index (χ0) is 30.6. The summed E-state index contributed by atoms with van der Waals surface area (Å²) in [5.74, 6) is -0.533. The van der Waals surface area contributed by atoms with Gasteiger partial charge in [-0.3, -0.25) is 14.5 Å². The van der Waals surface area contributed by atoms with E-state index in [2.05, 4.69) is 48.3 Å². The first-order chi connectivity index (χ1) is 20.7. The van der Waals surface area contributed by atoms with Gasteiger partial charge in [0.25, 0.3) is 0 Å². The molecule has 0 spiro atoms. The van der Waals surface area contributed by atoms with Crippen molar-refractivity contribution in [2.45, 2.75) is 96.9 Å². The normalized spacial score (nSPS) is 26.2. The molecule has 3 heterocycles. The van der Waals surface area contributed by atoms with Crippen LogP contribution in [0, 0.1) is 11.8 Å². The minimum absolute atomic E-state index is 0.0197. The molecule has 228 valence electrons. The summed E-state index contributed by atoms with van der Waals surface area (Å²) in [6.45, 7) is 8.29. The van der Waals surface area contributed by atoms with Gasteiger partial charge in [0, 0.05) is 41.6 Å². The smallest absolute Gasteiger partial charge is 0.390 e. The predicted octanol–water partition coefficient (Wildman–Crippen LogP) is 6.69. The van der Waals surface area contributed by atoms with Crippen molar-refractivity contribution >= 4 is 12.0 Å². The van der Waals surface area contributed by atoms with Crippen molar-refractivity contribution in [3.8, 4) is 22.5 Å². The molecule has 3 aromatic rings. The third-order valence-electron chi connectivity index (χ3n) is 8.84. The van der Waals surface area contributed by atoms with Crippen LogP contribution in [0.1, 0.15) is 78.2 Å². The zero-order valence-corrected chi connectivity index (χ0v) is 25.6. The summed E-state index contributed by atoms with van der Waals surface area (Å²) in [6.07, 6.45) is 6.63. The molecule has 0 aliphatic carbocycles. The number of aromatic amines is 1. The Morgan fingerprint density at radius 3 is 2.35 bits per heavy atom. The van der Waals surface area contributed by atoms with E-state index in [1.165, 1.54) is 5.57 Å². The minimum Gasteiger partial charge on any atom is -0.390 e. The molecule has 5 rings (SSSR count). The molecule has 0 bridgehead atoms. The van der Waals surface area contributed by atoms with Gasteiger partial charge < -0.3 is 14.6 Å². The van der Waals surface area contributed by atoms with E-state index in [4.69, 9.17) is 14.3 Å². The number of allylic oxidation sites excluding steroid dienone is 2. The summed E-state index contributed by atoms with van der Waals surface area (Å²) < 4.78 is 10.6. The largest absolute Gasteiger partial charge is 0.439 e. The first kappa shape index (κ1) is 30.8. The van der Waals surface area contributed by atoms with Crippen LogP contribution in [0.4, 0.5) is 0 Å². The second-order valence-electron chi connectivity index (χ2n) is 12.3. The molecule has 1 fully saturated rings. The lowest BCUT2D eigenvalue weighted by atomic mass is 9.73. The van der Waals surface area contributed by atoms with Crippen LogP contribution in [-0.4, -0.2) is 45.1 Å². The third-order valence-corrected chi connectivity index (χ3v) is 8.84. The zero-order valence-electron chi connectivity index (χ0n) is 25.6. The summed E-state index contributed by atoms with van der Waals surface area (Å²) in [4.78, 5) is 32.1. The molecule has 4 unspecified atom stereocenters. The molecule has 2 aliphatic heterocycles. The number of aromatic nitrogens is 2. The monoisotopic (exact) mass is 585 g/mol. The Labute approximate surface area is 253 Å². The highest BCUT2D eigenvalue weighted by atomic mass is 16.5. The lowest BCUT2D eigenvalue weighted by molar-refractivity contribution is -0.139. The standard InChI is InChI=1S/C35H43N3O5/c1-5-9-32-26(17-27(21-39)30(31(6-2)36-32)20-35(41)18-22(3)42-23(4)19-35)16-24-12-14-25(15-13-24)28-10-7-8-11-29(28)33-37-34(40)43-38-33/h7-8,10-15,21-23,27,30,41H,5-6,9,16-20H2,1-4H3,(H,37,38,40). The maximum absolute atomic E-state index is 12.7. The number of nitrogens with one attached hydrogen (secondary N) is 1. The molecule has 8 heteroatoms. The van der Waals surface area contributed by atoms with Crippen molar-refractivity contribution in [1.29, 1.82) is 0 Å². The van der Waals surface area contributed by atoms with Gasteiger partial charge in [0.2, 0.25) is 0 Å². The lowest BCUT2D eigenvalue weighted by Gasteiger charge is -2.42. The number of carbonyl (C=O) groups excluding carboxylic acids is 1. The Kier molecular flexibility index (Phi) is 9.57. The highest BCUT2D eigenvalue weighted by Gasteiger charge is 2.42. The number of ether oxygens (including phenoxy) is 1. The van der Waals surface area contributed by atoms with Gasteiger partial charge in [0.1, 0.15) is 6.29 Å². The van der Waals surface area contributed by atoms with Crippen molar-refractivity contribution in [3.05, 3.63) is 75.9 Å². The van der Waals surface area contributed by atoms with Crippen molar-refractivity contribution in [3.63, 3.8) is 0 Å². The fourth-order valence-electron chi connectivity index (χ4n) is 7.08. The van der Waals surface area contributed by atoms with Gasteiger partial charge in [0.05, 0.1) is 17.8 Å². The van der Waals surface area contributed by atoms with Crippen LogP contribution in [0.15, 0.2) is 74.1 Å². The fraction of sp³-hybridized carbons (Fsp3) is 0.486.